The van der Waals surface area contributed by atoms with Gasteiger partial charge in [-0.3, -0.25) is 9.48 Å². The average Bonchev–Trinajstić information content (AvgIpc) is 2.88. The number of Topliss-reactive ketones (excluding diaryl/α,β-unsaturated/α-hetero) is 1. The summed E-state index contributed by atoms with van der Waals surface area (Å²) < 4.78 is 3.79. The van der Waals surface area contributed by atoms with Crippen LogP contribution < -0.4 is 0 Å². The lowest BCUT2D eigenvalue weighted by Crippen LogP contribution is -2.09. The summed E-state index contributed by atoms with van der Waals surface area (Å²) in [6, 6.07) is 1.86. The highest BCUT2D eigenvalue weighted by Gasteiger charge is 2.17. The van der Waals surface area contributed by atoms with E-state index in [-0.39, 0.29) is 5.78 Å². The van der Waals surface area contributed by atoms with E-state index in [1.165, 1.54) is 11.3 Å². The Labute approximate surface area is 126 Å². The van der Waals surface area contributed by atoms with Gasteiger partial charge in [-0.2, -0.15) is 5.10 Å². The Kier molecular flexibility index (Phi) is 4.40. The van der Waals surface area contributed by atoms with Crippen LogP contribution >= 0.6 is 43.2 Å². The second-order valence-corrected chi connectivity index (χ2v) is 6.98. The zero-order valence-electron chi connectivity index (χ0n) is 10.0. The van der Waals surface area contributed by atoms with Crippen LogP contribution in [0.4, 0.5) is 0 Å². The van der Waals surface area contributed by atoms with Crippen molar-refractivity contribution in [3.8, 4) is 0 Å². The number of hydrogen-bond acceptors (Lipinski definition) is 3. The van der Waals surface area contributed by atoms with Crippen LogP contribution in [0.25, 0.3) is 0 Å². The van der Waals surface area contributed by atoms with E-state index in [2.05, 4.69) is 37.0 Å². The highest BCUT2D eigenvalue weighted by Crippen LogP contribution is 2.25. The first-order valence-electron chi connectivity index (χ1n) is 5.52. The Morgan fingerprint density at radius 1 is 1.50 bits per heavy atom. The first-order valence-corrected chi connectivity index (χ1v) is 7.98. The Bertz CT molecular complexity index is 589. The summed E-state index contributed by atoms with van der Waals surface area (Å²) in [4.78, 5) is 12.2. The van der Waals surface area contributed by atoms with Crippen LogP contribution in [0.3, 0.4) is 0 Å². The van der Waals surface area contributed by atoms with Crippen molar-refractivity contribution in [1.29, 1.82) is 0 Å². The monoisotopic (exact) mass is 390 g/mol. The lowest BCUT2D eigenvalue weighted by molar-refractivity contribution is 0.0990. The van der Waals surface area contributed by atoms with E-state index in [0.29, 0.717) is 6.42 Å². The maximum atomic E-state index is 12.2. The van der Waals surface area contributed by atoms with Gasteiger partial charge in [0.05, 0.1) is 26.1 Å². The van der Waals surface area contributed by atoms with Gasteiger partial charge in [-0.15, -0.1) is 11.3 Å². The van der Waals surface area contributed by atoms with Gasteiger partial charge in [0.1, 0.15) is 0 Å². The van der Waals surface area contributed by atoms with Gasteiger partial charge in [0.25, 0.3) is 0 Å². The standard InChI is InChI=1S/C12H12Br2N2OS/c1-3-16-9(12(14)7(2)15-16)5-10(17)8-4-11(13)18-6-8/h4,6H,3,5H2,1-2H3. The molecule has 0 unspecified atom stereocenters. The van der Waals surface area contributed by atoms with Crippen LogP contribution in [0.5, 0.6) is 0 Å². The largest absolute Gasteiger partial charge is 0.294 e. The van der Waals surface area contributed by atoms with E-state index >= 15 is 0 Å². The van der Waals surface area contributed by atoms with Gasteiger partial charge in [-0.1, -0.05) is 0 Å². The molecule has 96 valence electrons. The molecule has 6 heteroatoms. The number of carbonyl (C=O) groups is 1. The van der Waals surface area contributed by atoms with E-state index in [4.69, 9.17) is 0 Å². The molecule has 0 spiro atoms. The fourth-order valence-electron chi connectivity index (χ4n) is 1.75. The molecular weight excluding hydrogens is 380 g/mol. The lowest BCUT2D eigenvalue weighted by Gasteiger charge is -2.04. The third-order valence-corrected chi connectivity index (χ3v) is 5.21. The molecule has 0 N–H and O–H groups in total. The van der Waals surface area contributed by atoms with Crippen LogP contribution in [0.2, 0.25) is 0 Å². The third-order valence-electron chi connectivity index (χ3n) is 2.67. The second kappa shape index (κ2) is 5.67. The molecule has 2 heterocycles. The molecule has 0 aliphatic carbocycles. The number of aromatic nitrogens is 2. The van der Waals surface area contributed by atoms with E-state index in [1.807, 2.05) is 30.0 Å². The number of rotatable bonds is 4. The maximum Gasteiger partial charge on any atom is 0.169 e. The second-order valence-electron chi connectivity index (χ2n) is 3.90. The molecule has 3 nitrogen and oxygen atoms in total. The topological polar surface area (TPSA) is 34.9 Å². The van der Waals surface area contributed by atoms with Gasteiger partial charge >= 0.3 is 0 Å². The quantitative estimate of drug-likeness (QED) is 0.731. The molecule has 0 bridgehead atoms. The Morgan fingerprint density at radius 3 is 2.78 bits per heavy atom. The minimum absolute atomic E-state index is 0.118. The maximum absolute atomic E-state index is 12.2. The first kappa shape index (κ1) is 14.0. The normalized spacial score (nSPS) is 10.9. The van der Waals surface area contributed by atoms with Crippen molar-refractivity contribution in [2.75, 3.05) is 0 Å². The van der Waals surface area contributed by atoms with Crippen molar-refractivity contribution in [2.45, 2.75) is 26.8 Å². The van der Waals surface area contributed by atoms with Crippen molar-refractivity contribution in [3.05, 3.63) is 36.7 Å². The average molecular weight is 392 g/mol. The van der Waals surface area contributed by atoms with Gasteiger partial charge in [0.15, 0.2) is 5.78 Å². The lowest BCUT2D eigenvalue weighted by atomic mass is 10.1. The number of carbonyl (C=O) groups excluding carboxylic acids is 1. The molecule has 0 aromatic carbocycles. The molecular formula is C12H12Br2N2OS. The van der Waals surface area contributed by atoms with Gasteiger partial charge in [0, 0.05) is 17.5 Å². The highest BCUT2D eigenvalue weighted by molar-refractivity contribution is 9.11. The third kappa shape index (κ3) is 2.75. The van der Waals surface area contributed by atoms with Gasteiger partial charge in [0.2, 0.25) is 0 Å². The zero-order valence-corrected chi connectivity index (χ0v) is 14.0. The van der Waals surface area contributed by atoms with Crippen LogP contribution in [-0.4, -0.2) is 15.6 Å². The Morgan fingerprint density at radius 2 is 2.22 bits per heavy atom. The van der Waals surface area contributed by atoms with Crippen molar-refractivity contribution < 1.29 is 4.79 Å². The van der Waals surface area contributed by atoms with Crippen LogP contribution in [0, 0.1) is 6.92 Å². The number of aryl methyl sites for hydroxylation is 2. The molecule has 2 aromatic rings. The van der Waals surface area contributed by atoms with E-state index in [0.717, 1.165) is 31.8 Å². The number of ketones is 1. The molecule has 0 atom stereocenters. The van der Waals surface area contributed by atoms with E-state index in [9.17, 15) is 4.79 Å². The summed E-state index contributed by atoms with van der Waals surface area (Å²) in [5, 5.41) is 6.27. The summed E-state index contributed by atoms with van der Waals surface area (Å²) in [6.45, 7) is 4.72. The summed E-state index contributed by atoms with van der Waals surface area (Å²) in [5.74, 6) is 0.118. The Hall–Kier alpha value is -0.460. The molecule has 0 saturated heterocycles. The van der Waals surface area contributed by atoms with Crippen LogP contribution in [-0.2, 0) is 13.0 Å². The molecule has 2 aromatic heterocycles. The van der Waals surface area contributed by atoms with Crippen molar-refractivity contribution in [2.24, 2.45) is 0 Å². The van der Waals surface area contributed by atoms with Crippen LogP contribution in [0.15, 0.2) is 19.7 Å². The minimum Gasteiger partial charge on any atom is -0.294 e. The van der Waals surface area contributed by atoms with Crippen molar-refractivity contribution >= 4 is 49.0 Å². The molecule has 0 fully saturated rings. The number of thiophene rings is 1. The fraction of sp³-hybridized carbons (Fsp3) is 0.333. The minimum atomic E-state index is 0.118. The number of hydrogen-bond donors (Lipinski definition) is 0. The van der Waals surface area contributed by atoms with E-state index in [1.54, 1.807) is 0 Å². The molecule has 0 amide bonds. The fourth-order valence-corrected chi connectivity index (χ4v) is 3.33. The molecule has 0 radical (unpaired) electrons. The summed E-state index contributed by atoms with van der Waals surface area (Å²) in [5.41, 5.74) is 2.62. The molecule has 2 rings (SSSR count). The molecule has 0 aliphatic rings. The van der Waals surface area contributed by atoms with Crippen LogP contribution in [0.1, 0.15) is 28.7 Å². The van der Waals surface area contributed by atoms with Crippen molar-refractivity contribution in [1.82, 2.24) is 9.78 Å². The SMILES string of the molecule is CCn1nc(C)c(Br)c1CC(=O)c1csc(Br)c1. The molecule has 18 heavy (non-hydrogen) atoms. The van der Waals surface area contributed by atoms with E-state index < -0.39 is 0 Å². The number of halogens is 2. The predicted octanol–water partition coefficient (Wildman–Crippen LogP) is 4.22. The summed E-state index contributed by atoms with van der Waals surface area (Å²) >= 11 is 8.40. The summed E-state index contributed by atoms with van der Waals surface area (Å²) in [6.07, 6.45) is 0.373. The van der Waals surface area contributed by atoms with Gasteiger partial charge in [-0.05, 0) is 51.8 Å². The van der Waals surface area contributed by atoms with Gasteiger partial charge < -0.3 is 0 Å². The Balaban J connectivity index is 2.26. The summed E-state index contributed by atoms with van der Waals surface area (Å²) in [7, 11) is 0. The number of nitrogens with zero attached hydrogens (tertiary/aromatic N) is 2. The highest BCUT2D eigenvalue weighted by atomic mass is 79.9. The van der Waals surface area contributed by atoms with Gasteiger partial charge in [-0.25, -0.2) is 0 Å². The first-order chi connectivity index (χ1) is 8.52. The molecule has 0 aliphatic heterocycles. The molecule has 0 saturated carbocycles. The zero-order chi connectivity index (χ0) is 13.3. The smallest absolute Gasteiger partial charge is 0.169 e. The van der Waals surface area contributed by atoms with Crippen molar-refractivity contribution in [3.63, 3.8) is 0 Å². The predicted molar refractivity (Wildman–Crippen MR) is 80.4 cm³/mol.